The molecule has 1 unspecified atom stereocenters. The van der Waals surface area contributed by atoms with Crippen molar-refractivity contribution < 1.29 is 26.8 Å². The summed E-state index contributed by atoms with van der Waals surface area (Å²) in [4.78, 5) is 26.2. The van der Waals surface area contributed by atoms with E-state index < -0.39 is 28.5 Å². The number of carbonyl (C=O) groups is 2. The van der Waals surface area contributed by atoms with E-state index in [4.69, 9.17) is 4.55 Å². The first-order chi connectivity index (χ1) is 11.3. The third kappa shape index (κ3) is 3.38. The second kappa shape index (κ2) is 6.31. The van der Waals surface area contributed by atoms with Crippen LogP contribution in [0.5, 0.6) is 0 Å². The lowest BCUT2D eigenvalue weighted by molar-refractivity contribution is -0.125. The van der Waals surface area contributed by atoms with Gasteiger partial charge in [-0.05, 0) is 38.4 Å². The van der Waals surface area contributed by atoms with Crippen LogP contribution in [-0.4, -0.2) is 72.6 Å². The molecule has 0 radical (unpaired) electrons. The minimum absolute atomic E-state index is 0.0483. The van der Waals surface area contributed by atoms with Gasteiger partial charge in [0.05, 0.1) is 12.6 Å². The molecule has 0 aromatic heterocycles. The number of carbonyl (C=O) groups excluding carboxylic acids is 2. The molecule has 11 heteroatoms. The second-order valence-electron chi connectivity index (χ2n) is 6.18. The Balaban J connectivity index is 1.74. The molecule has 10 nitrogen and oxygen atoms in total. The van der Waals surface area contributed by atoms with Gasteiger partial charge in [0.15, 0.2) is 0 Å². The third-order valence-electron chi connectivity index (χ3n) is 4.43. The Labute approximate surface area is 139 Å². The maximum absolute atomic E-state index is 12.6. The summed E-state index contributed by atoms with van der Waals surface area (Å²) in [6.45, 7) is 3.47. The highest BCUT2D eigenvalue weighted by Gasteiger charge is 2.49. The maximum Gasteiger partial charge on any atom is 0.418 e. The first-order valence-corrected chi connectivity index (χ1v) is 9.09. The summed E-state index contributed by atoms with van der Waals surface area (Å²) in [5, 5.41) is 6.73. The van der Waals surface area contributed by atoms with Gasteiger partial charge in [-0.15, -0.1) is 4.28 Å². The zero-order valence-corrected chi connectivity index (χ0v) is 14.0. The molecule has 0 aromatic rings. The van der Waals surface area contributed by atoms with Gasteiger partial charge in [-0.1, -0.05) is 6.08 Å². The summed E-state index contributed by atoms with van der Waals surface area (Å²) in [6.07, 6.45) is 3.24. The highest BCUT2D eigenvalue weighted by molar-refractivity contribution is 7.80. The van der Waals surface area contributed by atoms with Crippen LogP contribution in [0.15, 0.2) is 11.6 Å². The molecule has 134 valence electrons. The van der Waals surface area contributed by atoms with Crippen molar-refractivity contribution in [3.05, 3.63) is 11.6 Å². The molecule has 2 bridgehead atoms. The fraction of sp³-hybridized carbons (Fsp3) is 0.692. The van der Waals surface area contributed by atoms with E-state index in [-0.39, 0.29) is 18.5 Å². The van der Waals surface area contributed by atoms with Crippen molar-refractivity contribution in [2.24, 2.45) is 0 Å². The minimum Gasteiger partial charge on any atom is -0.351 e. The fourth-order valence-corrected chi connectivity index (χ4v) is 3.76. The van der Waals surface area contributed by atoms with Gasteiger partial charge in [0.25, 0.3) is 0 Å². The van der Waals surface area contributed by atoms with Crippen molar-refractivity contribution in [3.8, 4) is 0 Å². The van der Waals surface area contributed by atoms with E-state index in [9.17, 15) is 18.0 Å². The van der Waals surface area contributed by atoms with Crippen molar-refractivity contribution in [2.45, 2.75) is 37.9 Å². The van der Waals surface area contributed by atoms with Gasteiger partial charge in [0, 0.05) is 6.04 Å². The number of hydroxylamine groups is 2. The highest BCUT2D eigenvalue weighted by Crippen LogP contribution is 2.30. The second-order valence-corrected chi connectivity index (χ2v) is 7.18. The topological polar surface area (TPSA) is 128 Å². The Morgan fingerprint density at radius 3 is 2.71 bits per heavy atom. The van der Waals surface area contributed by atoms with Crippen LogP contribution >= 0.6 is 0 Å². The average molecular weight is 360 g/mol. The molecule has 0 aromatic carbocycles. The molecule has 3 aliphatic rings. The smallest absolute Gasteiger partial charge is 0.351 e. The molecule has 24 heavy (non-hydrogen) atoms. The summed E-state index contributed by atoms with van der Waals surface area (Å²) >= 11 is 0. The van der Waals surface area contributed by atoms with Gasteiger partial charge in [-0.25, -0.2) is 4.79 Å². The number of piperidine rings is 1. The van der Waals surface area contributed by atoms with Crippen molar-refractivity contribution in [1.29, 1.82) is 0 Å². The molecule has 0 saturated carbocycles. The lowest BCUT2D eigenvalue weighted by Crippen LogP contribution is -2.53. The Hall–Kier alpha value is -1.69. The zero-order chi connectivity index (χ0) is 17.5. The maximum atomic E-state index is 12.6. The number of fused-ring (bicyclic) bond motifs is 2. The largest absolute Gasteiger partial charge is 0.418 e. The van der Waals surface area contributed by atoms with Gasteiger partial charge >= 0.3 is 16.4 Å². The van der Waals surface area contributed by atoms with Crippen LogP contribution in [0.1, 0.15) is 19.8 Å². The molecular weight excluding hydrogens is 340 g/mol. The van der Waals surface area contributed by atoms with E-state index in [1.807, 2.05) is 0 Å². The van der Waals surface area contributed by atoms with Crippen LogP contribution < -0.4 is 10.6 Å². The predicted octanol–water partition coefficient (Wildman–Crippen LogP) is -0.976. The zero-order valence-electron chi connectivity index (χ0n) is 13.1. The van der Waals surface area contributed by atoms with Crippen LogP contribution in [0.3, 0.4) is 0 Å². The van der Waals surface area contributed by atoms with Crippen LogP contribution in [0.25, 0.3) is 0 Å². The molecule has 3 amide bonds. The predicted molar refractivity (Wildman–Crippen MR) is 81.9 cm³/mol. The lowest BCUT2D eigenvalue weighted by atomic mass is 9.98. The summed E-state index contributed by atoms with van der Waals surface area (Å²) < 4.78 is 34.9. The number of hydrogen-bond acceptors (Lipinski definition) is 6. The van der Waals surface area contributed by atoms with E-state index in [2.05, 4.69) is 14.9 Å². The van der Waals surface area contributed by atoms with E-state index in [1.54, 1.807) is 13.0 Å². The van der Waals surface area contributed by atoms with Crippen LogP contribution in [0.4, 0.5) is 4.79 Å². The molecule has 3 rings (SSSR count). The van der Waals surface area contributed by atoms with Crippen LogP contribution in [0.2, 0.25) is 0 Å². The summed E-state index contributed by atoms with van der Waals surface area (Å²) in [5.41, 5.74) is 0.632. The molecule has 2 atom stereocenters. The van der Waals surface area contributed by atoms with E-state index in [1.165, 1.54) is 4.90 Å². The molecule has 0 aliphatic carbocycles. The molecule has 2 fully saturated rings. The van der Waals surface area contributed by atoms with Gasteiger partial charge in [0.1, 0.15) is 6.04 Å². The standard InChI is InChI=1S/C13H20N4O6S/c1-8-6-10-7-16(13(19)17(10)23-24(20,21)22)11(8)12(18)15-9-2-4-14-5-3-9/h6,9-11,14H,2-5,7H2,1H3,(H,15,18)(H,20,21,22)/t10?,11-/m0/s1. The van der Waals surface area contributed by atoms with Crippen LogP contribution in [-0.2, 0) is 19.5 Å². The Morgan fingerprint density at radius 1 is 1.42 bits per heavy atom. The first-order valence-electron chi connectivity index (χ1n) is 7.72. The molecule has 3 aliphatic heterocycles. The summed E-state index contributed by atoms with van der Waals surface area (Å²) in [6, 6.07) is -2.19. The molecule has 2 saturated heterocycles. The molecular formula is C13H20N4O6S. The van der Waals surface area contributed by atoms with Gasteiger partial charge in [-0.2, -0.15) is 13.5 Å². The molecule has 0 spiro atoms. The van der Waals surface area contributed by atoms with Crippen molar-refractivity contribution >= 4 is 22.3 Å². The number of urea groups is 1. The van der Waals surface area contributed by atoms with Crippen molar-refractivity contribution in [2.75, 3.05) is 19.6 Å². The Kier molecular flexibility index (Phi) is 4.51. The molecule has 3 N–H and O–H groups in total. The number of amides is 3. The minimum atomic E-state index is -4.82. The fourth-order valence-electron chi connectivity index (χ4n) is 3.38. The molecule has 3 heterocycles. The van der Waals surface area contributed by atoms with E-state index in [0.29, 0.717) is 10.6 Å². The lowest BCUT2D eigenvalue weighted by Gasteiger charge is -2.32. The first kappa shape index (κ1) is 17.1. The highest BCUT2D eigenvalue weighted by atomic mass is 32.3. The summed E-state index contributed by atoms with van der Waals surface area (Å²) in [5.74, 6) is -0.295. The Bertz CT molecular complexity index is 672. The van der Waals surface area contributed by atoms with E-state index in [0.717, 1.165) is 25.9 Å². The number of nitrogens with one attached hydrogen (secondary N) is 2. The number of nitrogens with zero attached hydrogens (tertiary/aromatic N) is 2. The normalized spacial score (nSPS) is 28.1. The van der Waals surface area contributed by atoms with E-state index >= 15 is 0 Å². The SMILES string of the molecule is CC1=CC2CN(C(=O)N2OS(=O)(=O)O)[C@@H]1C(=O)NC1CCNCC1. The summed E-state index contributed by atoms with van der Waals surface area (Å²) in [7, 11) is -4.82. The monoisotopic (exact) mass is 360 g/mol. The van der Waals surface area contributed by atoms with Gasteiger partial charge in [-0.3, -0.25) is 9.35 Å². The number of hydrogen-bond donors (Lipinski definition) is 3. The number of rotatable bonds is 4. The quantitative estimate of drug-likeness (QED) is 0.434. The average Bonchev–Trinajstić information content (AvgIpc) is 2.72. The van der Waals surface area contributed by atoms with Gasteiger partial charge in [0.2, 0.25) is 5.91 Å². The van der Waals surface area contributed by atoms with Crippen molar-refractivity contribution in [3.63, 3.8) is 0 Å². The van der Waals surface area contributed by atoms with Crippen molar-refractivity contribution in [1.82, 2.24) is 20.6 Å². The third-order valence-corrected chi connectivity index (χ3v) is 4.77. The van der Waals surface area contributed by atoms with Gasteiger partial charge < -0.3 is 15.5 Å². The van der Waals surface area contributed by atoms with Crippen LogP contribution in [0, 0.1) is 0 Å². The Morgan fingerprint density at radius 2 is 2.08 bits per heavy atom.